The molecule has 0 amide bonds. The molecule has 0 saturated heterocycles. The van der Waals surface area contributed by atoms with Gasteiger partial charge in [0.05, 0.1) is 12.7 Å². The van der Waals surface area contributed by atoms with Crippen molar-refractivity contribution >= 4 is 5.82 Å². The molecule has 0 spiro atoms. The maximum atomic E-state index is 4.41. The monoisotopic (exact) mass is 240 g/mol. The number of hydrogen-bond acceptors (Lipinski definition) is 3. The van der Waals surface area contributed by atoms with E-state index in [1.807, 2.05) is 20.0 Å². The molecule has 100 valence electrons. The molecule has 4 heteroatoms. The molecule has 1 aromatic rings. The summed E-state index contributed by atoms with van der Waals surface area (Å²) in [6, 6.07) is 0.489. The maximum absolute atomic E-state index is 4.41. The van der Waals surface area contributed by atoms with Gasteiger partial charge < -0.3 is 9.80 Å². The lowest BCUT2D eigenvalue weighted by molar-refractivity contribution is 0.276. The first-order valence-corrected chi connectivity index (χ1v) is 6.29. The molecule has 0 saturated carbocycles. The Hall–Kier alpha value is -1.03. The van der Waals surface area contributed by atoms with Gasteiger partial charge in [0.25, 0.3) is 0 Å². The summed E-state index contributed by atoms with van der Waals surface area (Å²) in [6.07, 6.45) is 1.93. The largest absolute Gasteiger partial charge is 0.363 e. The van der Waals surface area contributed by atoms with Crippen LogP contribution in [0.1, 0.15) is 26.3 Å². The highest BCUT2D eigenvalue weighted by Crippen LogP contribution is 2.17. The molecule has 0 bridgehead atoms. The Labute approximate surface area is 106 Å². The van der Waals surface area contributed by atoms with Gasteiger partial charge in [-0.25, -0.2) is 4.68 Å². The summed E-state index contributed by atoms with van der Waals surface area (Å²) in [5.41, 5.74) is 1.23. The van der Waals surface area contributed by atoms with Crippen LogP contribution < -0.4 is 4.90 Å². The predicted molar refractivity (Wildman–Crippen MR) is 75.8 cm³/mol. The Morgan fingerprint density at radius 1 is 1.24 bits per heavy atom. The normalized spacial score (nSPS) is 12.1. The van der Waals surface area contributed by atoms with E-state index in [-0.39, 0.29) is 0 Å². The Morgan fingerprint density at radius 2 is 1.76 bits per heavy atom. The van der Waals surface area contributed by atoms with Crippen LogP contribution in [-0.2, 0) is 6.54 Å². The van der Waals surface area contributed by atoms with Gasteiger partial charge in [0.1, 0.15) is 5.82 Å². The van der Waals surface area contributed by atoms with Crippen molar-refractivity contribution in [2.24, 2.45) is 0 Å². The molecule has 17 heavy (non-hydrogen) atoms. The second-order valence-corrected chi connectivity index (χ2v) is 4.54. The Kier molecular flexibility index (Phi) is 6.88. The van der Waals surface area contributed by atoms with Crippen LogP contribution in [0.15, 0.2) is 6.20 Å². The van der Waals surface area contributed by atoms with Crippen molar-refractivity contribution in [1.29, 1.82) is 0 Å². The van der Waals surface area contributed by atoms with Crippen molar-refractivity contribution < 1.29 is 0 Å². The lowest BCUT2D eigenvalue weighted by Gasteiger charge is -2.23. The first-order valence-electron chi connectivity index (χ1n) is 6.29. The third kappa shape index (κ3) is 4.38. The quantitative estimate of drug-likeness (QED) is 0.806. The van der Waals surface area contributed by atoms with E-state index in [4.69, 9.17) is 0 Å². The molecule has 1 aromatic heterocycles. The summed E-state index contributed by atoms with van der Waals surface area (Å²) < 4.78 is 2.07. The topological polar surface area (TPSA) is 24.3 Å². The fourth-order valence-corrected chi connectivity index (χ4v) is 1.60. The molecule has 0 radical (unpaired) electrons. The van der Waals surface area contributed by atoms with Gasteiger partial charge in [0, 0.05) is 25.7 Å². The van der Waals surface area contributed by atoms with Crippen molar-refractivity contribution in [3.63, 3.8) is 0 Å². The number of aryl methyl sites for hydroxylation is 1. The third-order valence-electron chi connectivity index (χ3n) is 2.73. The summed E-state index contributed by atoms with van der Waals surface area (Å²) in [5.74, 6) is 1.20. The van der Waals surface area contributed by atoms with E-state index in [0.717, 1.165) is 6.54 Å². The van der Waals surface area contributed by atoms with Crippen LogP contribution in [0.4, 0.5) is 5.82 Å². The fourth-order valence-electron chi connectivity index (χ4n) is 1.60. The van der Waals surface area contributed by atoms with Crippen molar-refractivity contribution in [1.82, 2.24) is 14.7 Å². The van der Waals surface area contributed by atoms with Crippen LogP contribution in [0.5, 0.6) is 0 Å². The zero-order valence-electron chi connectivity index (χ0n) is 12.7. The Morgan fingerprint density at radius 3 is 2.18 bits per heavy atom. The van der Waals surface area contributed by atoms with Crippen LogP contribution in [-0.4, -0.2) is 48.9 Å². The number of likely N-dealkylation sites (N-methyl/N-ethyl adjacent to an activating group) is 1. The highest BCUT2D eigenvalue weighted by Gasteiger charge is 2.12. The number of hydrogen-bond donors (Lipinski definition) is 0. The molecule has 1 unspecified atom stereocenters. The number of nitrogens with zero attached hydrogens (tertiary/aromatic N) is 4. The zero-order chi connectivity index (χ0) is 13.6. The molecule has 0 aliphatic rings. The molecule has 0 aliphatic carbocycles. The van der Waals surface area contributed by atoms with Gasteiger partial charge >= 0.3 is 0 Å². The van der Waals surface area contributed by atoms with E-state index in [0.29, 0.717) is 6.04 Å². The lowest BCUT2D eigenvalue weighted by atomic mass is 10.3. The van der Waals surface area contributed by atoms with Crippen molar-refractivity contribution in [2.75, 3.05) is 33.1 Å². The van der Waals surface area contributed by atoms with Gasteiger partial charge in [0.15, 0.2) is 0 Å². The van der Waals surface area contributed by atoms with Gasteiger partial charge in [-0.3, -0.25) is 0 Å². The number of aromatic nitrogens is 2. The second kappa shape index (κ2) is 7.33. The van der Waals surface area contributed by atoms with Gasteiger partial charge in [-0.05, 0) is 27.9 Å². The van der Waals surface area contributed by atoms with Crippen molar-refractivity contribution in [2.45, 2.75) is 40.3 Å². The standard InChI is InChI=1S/C11H22N4.C2H6/c1-9-7-12-15(11(9)14(5)6)8-10(2)13(3)4;1-2/h7,10H,8H2,1-6H3;1-2H3. The van der Waals surface area contributed by atoms with Gasteiger partial charge in [0.2, 0.25) is 0 Å². The predicted octanol–water partition coefficient (Wildman–Crippen LogP) is 2.23. The molecule has 1 heterocycles. The summed E-state index contributed by atoms with van der Waals surface area (Å²) in [5, 5.41) is 4.41. The average Bonchev–Trinajstić information content (AvgIpc) is 2.62. The maximum Gasteiger partial charge on any atom is 0.129 e. The number of anilines is 1. The summed E-state index contributed by atoms with van der Waals surface area (Å²) in [6.45, 7) is 9.23. The molecule has 0 aliphatic heterocycles. The molecular formula is C13H28N4. The van der Waals surface area contributed by atoms with Crippen molar-refractivity contribution in [3.05, 3.63) is 11.8 Å². The molecule has 1 rings (SSSR count). The van der Waals surface area contributed by atoms with Gasteiger partial charge in [-0.2, -0.15) is 5.10 Å². The van der Waals surface area contributed by atoms with E-state index < -0.39 is 0 Å². The van der Waals surface area contributed by atoms with E-state index in [9.17, 15) is 0 Å². The van der Waals surface area contributed by atoms with Crippen LogP contribution in [0.2, 0.25) is 0 Å². The van der Waals surface area contributed by atoms with E-state index in [1.165, 1.54) is 11.4 Å². The second-order valence-electron chi connectivity index (χ2n) is 4.54. The first-order chi connectivity index (χ1) is 7.93. The Bertz CT molecular complexity index is 315. The molecule has 0 N–H and O–H groups in total. The van der Waals surface area contributed by atoms with Crippen LogP contribution >= 0.6 is 0 Å². The highest BCUT2D eigenvalue weighted by atomic mass is 15.4. The molecule has 4 nitrogen and oxygen atoms in total. The summed E-state index contributed by atoms with van der Waals surface area (Å²) in [7, 11) is 8.30. The Balaban J connectivity index is 0.00000121. The molecular weight excluding hydrogens is 212 g/mol. The first kappa shape index (κ1) is 16.0. The van der Waals surface area contributed by atoms with E-state index in [2.05, 4.69) is 61.6 Å². The summed E-state index contributed by atoms with van der Waals surface area (Å²) in [4.78, 5) is 4.32. The minimum absolute atomic E-state index is 0.489. The number of rotatable bonds is 4. The average molecular weight is 240 g/mol. The van der Waals surface area contributed by atoms with Gasteiger partial charge in [-0.15, -0.1) is 0 Å². The van der Waals surface area contributed by atoms with Crippen LogP contribution in [0, 0.1) is 6.92 Å². The van der Waals surface area contributed by atoms with E-state index >= 15 is 0 Å². The zero-order valence-corrected chi connectivity index (χ0v) is 12.7. The lowest BCUT2D eigenvalue weighted by Crippen LogP contribution is -2.30. The molecule has 0 fully saturated rings. The van der Waals surface area contributed by atoms with Crippen LogP contribution in [0.25, 0.3) is 0 Å². The highest BCUT2D eigenvalue weighted by molar-refractivity contribution is 5.44. The van der Waals surface area contributed by atoms with E-state index in [1.54, 1.807) is 0 Å². The minimum Gasteiger partial charge on any atom is -0.363 e. The molecule has 0 aromatic carbocycles. The van der Waals surface area contributed by atoms with Crippen LogP contribution in [0.3, 0.4) is 0 Å². The van der Waals surface area contributed by atoms with Crippen molar-refractivity contribution in [3.8, 4) is 0 Å². The summed E-state index contributed by atoms with van der Waals surface area (Å²) >= 11 is 0. The smallest absolute Gasteiger partial charge is 0.129 e. The minimum atomic E-state index is 0.489. The van der Waals surface area contributed by atoms with Gasteiger partial charge in [-0.1, -0.05) is 13.8 Å². The fraction of sp³-hybridized carbons (Fsp3) is 0.769. The molecule has 1 atom stereocenters. The third-order valence-corrected chi connectivity index (χ3v) is 2.73. The SMILES string of the molecule is CC.Cc1cnn(CC(C)N(C)C)c1N(C)C.